The fourth-order valence-corrected chi connectivity index (χ4v) is 4.68. The lowest BCUT2D eigenvalue weighted by molar-refractivity contribution is 1.48. The van der Waals surface area contributed by atoms with Crippen LogP contribution in [0.25, 0.3) is 54.6 Å². The predicted molar refractivity (Wildman–Crippen MR) is 135 cm³/mol. The molecule has 0 atom stereocenters. The average molecular weight is 406 g/mol. The topological polar surface area (TPSA) is 23.8 Å². The Bertz CT molecular complexity index is 1620. The van der Waals surface area contributed by atoms with E-state index in [4.69, 9.17) is 5.26 Å². The van der Waals surface area contributed by atoms with Crippen molar-refractivity contribution in [1.29, 1.82) is 5.26 Å². The van der Waals surface area contributed by atoms with Gasteiger partial charge in [0.1, 0.15) is 0 Å². The molecule has 0 radical (unpaired) electrons. The van der Waals surface area contributed by atoms with Gasteiger partial charge in [0, 0.05) is 0 Å². The molecule has 0 spiro atoms. The van der Waals surface area contributed by atoms with Crippen molar-refractivity contribution in [2.24, 2.45) is 0 Å². The van der Waals surface area contributed by atoms with E-state index in [1.165, 1.54) is 43.4 Å². The largest absolute Gasteiger partial charge is 0.192 e. The number of fused-ring (bicyclic) bond motifs is 6. The Morgan fingerprint density at radius 3 is 1.25 bits per heavy atom. The van der Waals surface area contributed by atoms with Crippen LogP contribution < -0.4 is 0 Å². The van der Waals surface area contributed by atoms with Crippen molar-refractivity contribution < 1.29 is 0 Å². The summed E-state index contributed by atoms with van der Waals surface area (Å²) < 4.78 is 0. The molecule has 6 rings (SSSR count). The fourth-order valence-electron chi connectivity index (χ4n) is 4.68. The molecule has 6 aromatic rings. The van der Waals surface area contributed by atoms with Crippen LogP contribution in [0.4, 0.5) is 0 Å². The summed E-state index contributed by atoms with van der Waals surface area (Å²) >= 11 is 0. The first-order valence-corrected chi connectivity index (χ1v) is 10.8. The van der Waals surface area contributed by atoms with E-state index in [0.29, 0.717) is 5.56 Å². The predicted octanol–water partition coefficient (Wildman–Crippen LogP) is 8.35. The van der Waals surface area contributed by atoms with Gasteiger partial charge in [0.15, 0.2) is 0 Å². The van der Waals surface area contributed by atoms with Crippen LogP contribution in [0.1, 0.15) is 5.56 Å². The summed E-state index contributed by atoms with van der Waals surface area (Å²) in [5.41, 5.74) is 5.36. The summed E-state index contributed by atoms with van der Waals surface area (Å²) in [4.78, 5) is 0. The molecular formula is C31H19N. The Kier molecular flexibility index (Phi) is 4.23. The Morgan fingerprint density at radius 1 is 0.375 bits per heavy atom. The summed E-state index contributed by atoms with van der Waals surface area (Å²) in [6.07, 6.45) is 0. The smallest absolute Gasteiger partial charge is 0.0991 e. The van der Waals surface area contributed by atoms with Crippen LogP contribution in [0.5, 0.6) is 0 Å². The van der Waals surface area contributed by atoms with Gasteiger partial charge in [0.2, 0.25) is 0 Å². The molecule has 0 aromatic heterocycles. The molecule has 0 aliphatic carbocycles. The molecule has 0 saturated heterocycles. The molecule has 1 heteroatoms. The first-order valence-electron chi connectivity index (χ1n) is 10.8. The number of rotatable bonds is 2. The Hall–Kier alpha value is -4.41. The minimum Gasteiger partial charge on any atom is -0.192 e. The van der Waals surface area contributed by atoms with Crippen LogP contribution in [0, 0.1) is 11.3 Å². The molecule has 148 valence electrons. The van der Waals surface area contributed by atoms with Gasteiger partial charge in [0.25, 0.3) is 0 Å². The van der Waals surface area contributed by atoms with Gasteiger partial charge in [-0.25, -0.2) is 0 Å². The summed E-state index contributed by atoms with van der Waals surface area (Å²) in [6, 6.07) is 42.7. The molecule has 1 nitrogen and oxygen atoms in total. The number of benzene rings is 6. The van der Waals surface area contributed by atoms with Gasteiger partial charge in [-0.3, -0.25) is 0 Å². The fraction of sp³-hybridized carbons (Fsp3) is 0. The maximum atomic E-state index is 9.01. The zero-order valence-electron chi connectivity index (χ0n) is 17.4. The molecule has 0 amide bonds. The number of hydrogen-bond donors (Lipinski definition) is 0. The number of nitrogens with zero attached hydrogens (tertiary/aromatic N) is 1. The molecule has 0 bridgehead atoms. The molecular weight excluding hydrogens is 386 g/mol. The zero-order valence-corrected chi connectivity index (χ0v) is 17.4. The number of hydrogen-bond acceptors (Lipinski definition) is 1. The van der Waals surface area contributed by atoms with E-state index in [-0.39, 0.29) is 0 Å². The minimum atomic E-state index is 0.682. The van der Waals surface area contributed by atoms with Crippen molar-refractivity contribution in [3.63, 3.8) is 0 Å². The van der Waals surface area contributed by atoms with E-state index in [1.54, 1.807) is 0 Å². The maximum Gasteiger partial charge on any atom is 0.0991 e. The van der Waals surface area contributed by atoms with E-state index >= 15 is 0 Å². The third-order valence-corrected chi connectivity index (χ3v) is 6.31. The van der Waals surface area contributed by atoms with Crippen LogP contribution >= 0.6 is 0 Å². The SMILES string of the molecule is N#Cc1ccc(-c2ccc(-c3ccc4c5ccccc5c5ccccc5c4c3)cc2)cc1. The lowest BCUT2D eigenvalue weighted by Gasteiger charge is -2.12. The lowest BCUT2D eigenvalue weighted by Crippen LogP contribution is -1.85. The molecule has 0 aliphatic heterocycles. The minimum absolute atomic E-state index is 0.682. The summed E-state index contributed by atoms with van der Waals surface area (Å²) in [5.74, 6) is 0. The quantitative estimate of drug-likeness (QED) is 0.266. The highest BCUT2D eigenvalue weighted by Crippen LogP contribution is 2.37. The summed E-state index contributed by atoms with van der Waals surface area (Å²) in [7, 11) is 0. The zero-order chi connectivity index (χ0) is 21.5. The first-order chi connectivity index (χ1) is 15.8. The van der Waals surface area contributed by atoms with Crippen molar-refractivity contribution in [1.82, 2.24) is 0 Å². The van der Waals surface area contributed by atoms with E-state index in [0.717, 1.165) is 11.1 Å². The Labute approximate surface area is 186 Å². The molecule has 0 fully saturated rings. The van der Waals surface area contributed by atoms with Gasteiger partial charge in [-0.05, 0) is 72.8 Å². The van der Waals surface area contributed by atoms with Crippen LogP contribution in [-0.4, -0.2) is 0 Å². The monoisotopic (exact) mass is 405 g/mol. The van der Waals surface area contributed by atoms with Gasteiger partial charge in [-0.15, -0.1) is 0 Å². The first kappa shape index (κ1) is 18.4. The Balaban J connectivity index is 1.49. The molecule has 0 N–H and O–H groups in total. The van der Waals surface area contributed by atoms with E-state index in [1.807, 2.05) is 24.3 Å². The second kappa shape index (κ2) is 7.38. The van der Waals surface area contributed by atoms with Gasteiger partial charge in [-0.1, -0.05) is 97.1 Å². The molecule has 0 saturated carbocycles. The maximum absolute atomic E-state index is 9.01. The number of nitriles is 1. The van der Waals surface area contributed by atoms with Crippen molar-refractivity contribution in [2.75, 3.05) is 0 Å². The third-order valence-electron chi connectivity index (χ3n) is 6.31. The summed E-state index contributed by atoms with van der Waals surface area (Å²) in [6.45, 7) is 0. The normalized spacial score (nSPS) is 11.1. The third kappa shape index (κ3) is 2.94. The van der Waals surface area contributed by atoms with Gasteiger partial charge < -0.3 is 0 Å². The van der Waals surface area contributed by atoms with Gasteiger partial charge >= 0.3 is 0 Å². The molecule has 32 heavy (non-hydrogen) atoms. The highest BCUT2D eigenvalue weighted by molar-refractivity contribution is 6.25. The van der Waals surface area contributed by atoms with Crippen molar-refractivity contribution in [3.05, 3.63) is 121 Å². The van der Waals surface area contributed by atoms with Gasteiger partial charge in [0.05, 0.1) is 11.6 Å². The van der Waals surface area contributed by atoms with Crippen molar-refractivity contribution in [2.45, 2.75) is 0 Å². The van der Waals surface area contributed by atoms with Crippen LogP contribution in [0.15, 0.2) is 115 Å². The highest BCUT2D eigenvalue weighted by Gasteiger charge is 2.09. The van der Waals surface area contributed by atoms with Gasteiger partial charge in [-0.2, -0.15) is 5.26 Å². The Morgan fingerprint density at radius 2 is 0.750 bits per heavy atom. The van der Waals surface area contributed by atoms with E-state index in [2.05, 4.69) is 97.1 Å². The molecule has 6 aromatic carbocycles. The van der Waals surface area contributed by atoms with Crippen LogP contribution in [0.3, 0.4) is 0 Å². The average Bonchev–Trinajstić information content (AvgIpc) is 2.89. The second-order valence-corrected chi connectivity index (χ2v) is 8.12. The van der Waals surface area contributed by atoms with Crippen molar-refractivity contribution in [3.8, 4) is 28.3 Å². The van der Waals surface area contributed by atoms with Crippen molar-refractivity contribution >= 4 is 32.3 Å². The van der Waals surface area contributed by atoms with E-state index < -0.39 is 0 Å². The molecule has 0 unspecified atom stereocenters. The van der Waals surface area contributed by atoms with E-state index in [9.17, 15) is 0 Å². The highest BCUT2D eigenvalue weighted by atomic mass is 14.2. The standard InChI is InChI=1S/C31H19N/c32-20-21-9-11-22(12-10-21)23-13-15-24(16-14-23)25-17-18-30-28-7-2-1-5-26(28)27-6-3-4-8-29(27)31(30)19-25/h1-19H. The van der Waals surface area contributed by atoms with Crippen LogP contribution in [-0.2, 0) is 0 Å². The second-order valence-electron chi connectivity index (χ2n) is 8.12. The van der Waals surface area contributed by atoms with Crippen LogP contribution in [0.2, 0.25) is 0 Å². The molecule has 0 heterocycles. The molecule has 0 aliphatic rings. The summed E-state index contributed by atoms with van der Waals surface area (Å²) in [5, 5.41) is 16.8. The lowest BCUT2D eigenvalue weighted by atomic mass is 9.92.